The zero-order valence-electron chi connectivity index (χ0n) is 12.0. The number of nitrogens with one attached hydrogen (secondary N) is 2. The summed E-state index contributed by atoms with van der Waals surface area (Å²) < 4.78 is 50.2. The van der Waals surface area contributed by atoms with E-state index in [4.69, 9.17) is 11.6 Å². The van der Waals surface area contributed by atoms with Crippen molar-refractivity contribution in [3.05, 3.63) is 58.9 Å². The van der Waals surface area contributed by atoms with E-state index in [2.05, 4.69) is 10.6 Å². The Morgan fingerprint density at radius 1 is 1.12 bits per heavy atom. The smallest absolute Gasteiger partial charge is 0.334 e. The van der Waals surface area contributed by atoms with Gasteiger partial charge in [-0.25, -0.2) is 9.18 Å². The van der Waals surface area contributed by atoms with Crippen LogP contribution in [0.25, 0.3) is 0 Å². The van der Waals surface area contributed by atoms with E-state index in [0.717, 1.165) is 6.07 Å². The number of carbonyl (C=O) groups excluding carboxylic acids is 1. The second-order valence-electron chi connectivity index (χ2n) is 4.62. The molecular weight excluding hydrogens is 368 g/mol. The van der Waals surface area contributed by atoms with E-state index in [1.165, 1.54) is 36.4 Å². The van der Waals surface area contributed by atoms with E-state index in [-0.39, 0.29) is 33.8 Å². The summed E-state index contributed by atoms with van der Waals surface area (Å²) in [6.07, 6.45) is 0. The third kappa shape index (κ3) is 5.93. The van der Waals surface area contributed by atoms with Gasteiger partial charge >= 0.3 is 11.5 Å². The number of benzene rings is 2. The molecule has 0 unspecified atom stereocenters. The maximum atomic E-state index is 13.6. The number of halogens is 5. The fourth-order valence-electron chi connectivity index (χ4n) is 1.76. The Bertz CT molecular complexity index is 722. The summed E-state index contributed by atoms with van der Waals surface area (Å²) in [5, 5.41) is 5.13. The van der Waals surface area contributed by atoms with E-state index in [0.29, 0.717) is 5.69 Å². The molecule has 0 aromatic heterocycles. The van der Waals surface area contributed by atoms with Gasteiger partial charge in [0, 0.05) is 27.7 Å². The van der Waals surface area contributed by atoms with Crippen molar-refractivity contribution in [2.75, 3.05) is 5.32 Å². The zero-order chi connectivity index (χ0) is 17.7. The quantitative estimate of drug-likeness (QED) is 0.551. The summed E-state index contributed by atoms with van der Waals surface area (Å²) >= 11 is 5.39. The molecule has 2 aromatic carbocycles. The number of carbonyl (C=O) groups is 1. The van der Waals surface area contributed by atoms with E-state index >= 15 is 0 Å². The number of alkyl halides is 3. The van der Waals surface area contributed by atoms with Crippen LogP contribution < -0.4 is 10.6 Å². The monoisotopic (exact) mass is 378 g/mol. The van der Waals surface area contributed by atoms with E-state index < -0.39 is 17.4 Å². The van der Waals surface area contributed by atoms with Crippen LogP contribution in [-0.2, 0) is 6.54 Å². The van der Waals surface area contributed by atoms with Crippen molar-refractivity contribution >= 4 is 35.1 Å². The Kier molecular flexibility index (Phi) is 5.95. The lowest BCUT2D eigenvalue weighted by atomic mass is 10.2. The molecule has 0 saturated carbocycles. The van der Waals surface area contributed by atoms with Gasteiger partial charge in [0.2, 0.25) is 0 Å². The zero-order valence-corrected chi connectivity index (χ0v) is 13.5. The Hall–Kier alpha value is -1.93. The third-order valence-corrected chi connectivity index (χ3v) is 3.77. The molecule has 0 aliphatic carbocycles. The van der Waals surface area contributed by atoms with Crippen LogP contribution in [0.15, 0.2) is 47.4 Å². The lowest BCUT2D eigenvalue weighted by molar-refractivity contribution is -0.0328. The molecule has 24 heavy (non-hydrogen) atoms. The molecule has 0 aliphatic heterocycles. The predicted molar refractivity (Wildman–Crippen MR) is 85.6 cm³/mol. The number of urea groups is 1. The SMILES string of the molecule is O=C(NCc1ccc(Cl)cc1F)Nc1ccc(SC(F)(F)F)cc1. The molecule has 0 fully saturated rings. The molecule has 0 bridgehead atoms. The highest BCUT2D eigenvalue weighted by Gasteiger charge is 2.29. The van der Waals surface area contributed by atoms with Crippen molar-refractivity contribution in [3.63, 3.8) is 0 Å². The van der Waals surface area contributed by atoms with Gasteiger partial charge < -0.3 is 10.6 Å². The number of thioether (sulfide) groups is 1. The number of anilines is 1. The van der Waals surface area contributed by atoms with E-state index in [1.807, 2.05) is 0 Å². The average Bonchev–Trinajstić information content (AvgIpc) is 2.47. The van der Waals surface area contributed by atoms with Crippen LogP contribution in [0.1, 0.15) is 5.56 Å². The molecule has 128 valence electrons. The normalized spacial score (nSPS) is 11.2. The maximum Gasteiger partial charge on any atom is 0.446 e. The van der Waals surface area contributed by atoms with Crippen LogP contribution in [-0.4, -0.2) is 11.5 Å². The molecule has 0 atom stereocenters. The summed E-state index contributed by atoms with van der Waals surface area (Å²) in [5.74, 6) is -0.545. The van der Waals surface area contributed by atoms with Crippen LogP contribution in [0.3, 0.4) is 0 Å². The van der Waals surface area contributed by atoms with Gasteiger partial charge in [-0.15, -0.1) is 0 Å². The molecule has 0 saturated heterocycles. The minimum atomic E-state index is -4.37. The maximum absolute atomic E-state index is 13.6. The molecule has 0 spiro atoms. The van der Waals surface area contributed by atoms with Crippen molar-refractivity contribution < 1.29 is 22.4 Å². The minimum absolute atomic E-state index is 0.0108. The Balaban J connectivity index is 1.88. The van der Waals surface area contributed by atoms with Crippen LogP contribution in [0.4, 0.5) is 28.0 Å². The first-order chi connectivity index (χ1) is 11.2. The molecule has 2 amide bonds. The summed E-state index contributed by atoms with van der Waals surface area (Å²) in [4.78, 5) is 11.7. The van der Waals surface area contributed by atoms with Gasteiger partial charge in [0.25, 0.3) is 0 Å². The number of amides is 2. The lowest BCUT2D eigenvalue weighted by Crippen LogP contribution is -2.28. The second kappa shape index (κ2) is 7.76. The minimum Gasteiger partial charge on any atom is -0.334 e. The first-order valence-corrected chi connectivity index (χ1v) is 7.77. The van der Waals surface area contributed by atoms with Crippen LogP contribution in [0, 0.1) is 5.82 Å². The van der Waals surface area contributed by atoms with Gasteiger partial charge in [0.15, 0.2) is 0 Å². The lowest BCUT2D eigenvalue weighted by Gasteiger charge is -2.10. The van der Waals surface area contributed by atoms with Crippen molar-refractivity contribution in [2.45, 2.75) is 16.9 Å². The van der Waals surface area contributed by atoms with Gasteiger partial charge in [0.1, 0.15) is 5.82 Å². The first-order valence-electron chi connectivity index (χ1n) is 6.57. The molecule has 0 aliphatic rings. The molecule has 0 radical (unpaired) electrons. The Morgan fingerprint density at radius 3 is 2.38 bits per heavy atom. The molecular formula is C15H11ClF4N2OS. The second-order valence-corrected chi connectivity index (χ2v) is 6.19. The highest BCUT2D eigenvalue weighted by atomic mass is 35.5. The van der Waals surface area contributed by atoms with Crippen molar-refractivity contribution in [1.29, 1.82) is 0 Å². The predicted octanol–water partition coefficient (Wildman–Crippen LogP) is 5.41. The summed E-state index contributed by atoms with van der Waals surface area (Å²) in [6, 6.07) is 8.64. The Morgan fingerprint density at radius 2 is 1.79 bits per heavy atom. The largest absolute Gasteiger partial charge is 0.446 e. The van der Waals surface area contributed by atoms with Crippen LogP contribution in [0.5, 0.6) is 0 Å². The molecule has 2 aromatic rings. The standard InChI is InChI=1S/C15H11ClF4N2OS/c16-10-2-1-9(13(17)7-10)8-21-14(23)22-11-3-5-12(6-4-11)24-15(18,19)20/h1-7H,8H2,(H2,21,22,23). The number of hydrogen-bond acceptors (Lipinski definition) is 2. The fraction of sp³-hybridized carbons (Fsp3) is 0.133. The number of rotatable bonds is 4. The first kappa shape index (κ1) is 18.4. The van der Waals surface area contributed by atoms with Crippen molar-refractivity contribution in [3.8, 4) is 0 Å². The molecule has 3 nitrogen and oxygen atoms in total. The summed E-state index contributed by atoms with van der Waals surface area (Å²) in [7, 11) is 0. The fourth-order valence-corrected chi connectivity index (χ4v) is 2.45. The highest BCUT2D eigenvalue weighted by Crippen LogP contribution is 2.37. The topological polar surface area (TPSA) is 41.1 Å². The molecule has 9 heteroatoms. The van der Waals surface area contributed by atoms with Gasteiger partial charge in [-0.3, -0.25) is 0 Å². The average molecular weight is 379 g/mol. The summed E-state index contributed by atoms with van der Waals surface area (Å²) in [6.45, 7) is -0.0587. The Labute approximate surface area is 144 Å². The third-order valence-electron chi connectivity index (χ3n) is 2.80. The van der Waals surface area contributed by atoms with Crippen LogP contribution in [0.2, 0.25) is 5.02 Å². The van der Waals surface area contributed by atoms with Gasteiger partial charge in [0.05, 0.1) is 0 Å². The van der Waals surface area contributed by atoms with Gasteiger partial charge in [-0.05, 0) is 48.2 Å². The van der Waals surface area contributed by atoms with Gasteiger partial charge in [-0.1, -0.05) is 17.7 Å². The van der Waals surface area contributed by atoms with Gasteiger partial charge in [-0.2, -0.15) is 13.2 Å². The molecule has 2 N–H and O–H groups in total. The molecule has 2 rings (SSSR count). The number of hydrogen-bond donors (Lipinski definition) is 2. The van der Waals surface area contributed by atoms with Crippen LogP contribution >= 0.6 is 23.4 Å². The highest BCUT2D eigenvalue weighted by molar-refractivity contribution is 8.00. The molecule has 0 heterocycles. The van der Waals surface area contributed by atoms with Crippen molar-refractivity contribution in [2.24, 2.45) is 0 Å². The summed E-state index contributed by atoms with van der Waals surface area (Å²) in [5.41, 5.74) is -3.79. The van der Waals surface area contributed by atoms with Crippen molar-refractivity contribution in [1.82, 2.24) is 5.32 Å². The van der Waals surface area contributed by atoms with E-state index in [1.54, 1.807) is 0 Å². The van der Waals surface area contributed by atoms with E-state index in [9.17, 15) is 22.4 Å².